The predicted octanol–water partition coefficient (Wildman–Crippen LogP) is 3.40. The minimum atomic E-state index is -0.329. The van der Waals surface area contributed by atoms with E-state index in [1.54, 1.807) is 42.2 Å². The smallest absolute Gasteiger partial charge is 0.260 e. The molecular formula is C17H15ClN4O2. The molecule has 2 aromatic heterocycles. The van der Waals surface area contributed by atoms with Crippen molar-refractivity contribution in [1.29, 1.82) is 0 Å². The molecule has 0 bridgehead atoms. The number of methoxy groups -OCH3 is 1. The first-order valence-corrected chi connectivity index (χ1v) is 7.56. The molecule has 0 aliphatic carbocycles. The molecule has 3 aromatic rings. The highest BCUT2D eigenvalue weighted by Crippen LogP contribution is 2.25. The van der Waals surface area contributed by atoms with Gasteiger partial charge in [0.05, 0.1) is 18.4 Å². The van der Waals surface area contributed by atoms with Crippen LogP contribution in [0.2, 0.25) is 5.02 Å². The first kappa shape index (κ1) is 16.0. The van der Waals surface area contributed by atoms with Gasteiger partial charge in [-0.25, -0.2) is 0 Å². The monoisotopic (exact) mass is 342 g/mol. The number of hydrogen-bond acceptors (Lipinski definition) is 4. The van der Waals surface area contributed by atoms with E-state index in [9.17, 15) is 4.79 Å². The third-order valence-corrected chi connectivity index (χ3v) is 3.69. The molecule has 0 saturated heterocycles. The van der Waals surface area contributed by atoms with E-state index >= 15 is 0 Å². The lowest BCUT2D eigenvalue weighted by atomic mass is 10.2. The molecule has 3 rings (SSSR count). The van der Waals surface area contributed by atoms with Crippen LogP contribution in [0.15, 0.2) is 48.7 Å². The summed E-state index contributed by atoms with van der Waals surface area (Å²) < 4.78 is 6.79. The topological polar surface area (TPSA) is 69.0 Å². The molecule has 24 heavy (non-hydrogen) atoms. The van der Waals surface area contributed by atoms with Crippen LogP contribution in [0.25, 0.3) is 11.4 Å². The Labute approximate surface area is 144 Å². The molecule has 0 aliphatic rings. The van der Waals surface area contributed by atoms with E-state index in [0.717, 1.165) is 5.69 Å². The third kappa shape index (κ3) is 3.23. The number of carbonyl (C=O) groups is 1. The fourth-order valence-electron chi connectivity index (χ4n) is 2.26. The van der Waals surface area contributed by atoms with Gasteiger partial charge < -0.3 is 10.1 Å². The number of carbonyl (C=O) groups excluding carboxylic acids is 1. The minimum Gasteiger partial charge on any atom is -0.496 e. The van der Waals surface area contributed by atoms with Crippen LogP contribution in [-0.4, -0.2) is 27.8 Å². The normalized spacial score (nSPS) is 10.5. The van der Waals surface area contributed by atoms with Gasteiger partial charge in [-0.1, -0.05) is 17.7 Å². The standard InChI is InChI=1S/C17H15ClN4O2/c1-22-16(10-14(21-22)13-5-3-4-8-19-13)20-17(23)12-9-11(18)6-7-15(12)24-2/h3-10H,1-2H3,(H,20,23). The lowest BCUT2D eigenvalue weighted by Crippen LogP contribution is -2.15. The molecule has 0 spiro atoms. The van der Waals surface area contributed by atoms with Gasteiger partial charge in [0.1, 0.15) is 17.3 Å². The molecule has 0 saturated carbocycles. The number of nitrogens with one attached hydrogen (secondary N) is 1. The summed E-state index contributed by atoms with van der Waals surface area (Å²) in [5.41, 5.74) is 1.76. The number of anilines is 1. The number of rotatable bonds is 4. The van der Waals surface area contributed by atoms with Crippen LogP contribution in [0, 0.1) is 0 Å². The zero-order chi connectivity index (χ0) is 17.1. The molecular weight excluding hydrogens is 328 g/mol. The minimum absolute atomic E-state index is 0.329. The average Bonchev–Trinajstić information content (AvgIpc) is 2.96. The maximum absolute atomic E-state index is 12.5. The van der Waals surface area contributed by atoms with Crippen molar-refractivity contribution in [3.8, 4) is 17.1 Å². The van der Waals surface area contributed by atoms with Crippen molar-refractivity contribution in [1.82, 2.24) is 14.8 Å². The Morgan fingerprint density at radius 3 is 2.75 bits per heavy atom. The highest BCUT2D eigenvalue weighted by atomic mass is 35.5. The van der Waals surface area contributed by atoms with E-state index in [-0.39, 0.29) is 5.91 Å². The molecule has 0 fully saturated rings. The van der Waals surface area contributed by atoms with Crippen LogP contribution in [0.5, 0.6) is 5.75 Å². The molecule has 0 radical (unpaired) electrons. The van der Waals surface area contributed by atoms with Crippen LogP contribution >= 0.6 is 11.6 Å². The Hall–Kier alpha value is -2.86. The summed E-state index contributed by atoms with van der Waals surface area (Å²) in [5, 5.41) is 7.64. The maximum atomic E-state index is 12.5. The molecule has 0 aliphatic heterocycles. The molecule has 0 atom stereocenters. The molecule has 1 amide bonds. The Balaban J connectivity index is 1.88. The van der Waals surface area contributed by atoms with Crippen LogP contribution < -0.4 is 10.1 Å². The van der Waals surface area contributed by atoms with Crippen LogP contribution in [-0.2, 0) is 7.05 Å². The number of aromatic nitrogens is 3. The lowest BCUT2D eigenvalue weighted by Gasteiger charge is -2.09. The van der Waals surface area contributed by atoms with E-state index in [2.05, 4.69) is 15.4 Å². The largest absolute Gasteiger partial charge is 0.496 e. The first-order chi connectivity index (χ1) is 11.6. The van der Waals surface area contributed by atoms with Crippen molar-refractivity contribution in [2.24, 2.45) is 7.05 Å². The van der Waals surface area contributed by atoms with Gasteiger partial charge in [-0.2, -0.15) is 5.10 Å². The average molecular weight is 343 g/mol. The Bertz CT molecular complexity index is 878. The number of aryl methyl sites for hydroxylation is 1. The Kier molecular flexibility index (Phi) is 4.48. The van der Waals surface area contributed by atoms with Crippen LogP contribution in [0.3, 0.4) is 0 Å². The third-order valence-electron chi connectivity index (χ3n) is 3.45. The fourth-order valence-corrected chi connectivity index (χ4v) is 2.44. The molecule has 1 N–H and O–H groups in total. The molecule has 7 heteroatoms. The summed E-state index contributed by atoms with van der Waals surface area (Å²) in [7, 11) is 3.25. The summed E-state index contributed by atoms with van der Waals surface area (Å²) in [5.74, 6) is 0.664. The van der Waals surface area contributed by atoms with Gasteiger partial charge in [0.25, 0.3) is 5.91 Å². The summed E-state index contributed by atoms with van der Waals surface area (Å²) in [4.78, 5) is 16.8. The molecule has 2 heterocycles. The quantitative estimate of drug-likeness (QED) is 0.789. The van der Waals surface area contributed by atoms with Gasteiger partial charge in [-0.15, -0.1) is 0 Å². The highest BCUT2D eigenvalue weighted by molar-refractivity contribution is 6.31. The van der Waals surface area contributed by atoms with Crippen molar-refractivity contribution in [3.63, 3.8) is 0 Å². The van der Waals surface area contributed by atoms with Gasteiger partial charge in [-0.3, -0.25) is 14.5 Å². The van der Waals surface area contributed by atoms with Crippen molar-refractivity contribution >= 4 is 23.3 Å². The Morgan fingerprint density at radius 1 is 1.21 bits per heavy atom. The molecule has 122 valence electrons. The SMILES string of the molecule is COc1ccc(Cl)cc1C(=O)Nc1cc(-c2ccccn2)nn1C. The van der Waals surface area contributed by atoms with E-state index in [1.165, 1.54) is 7.11 Å². The van der Waals surface area contributed by atoms with E-state index in [0.29, 0.717) is 27.8 Å². The summed E-state index contributed by atoms with van der Waals surface area (Å²) in [6.07, 6.45) is 1.69. The van der Waals surface area contributed by atoms with Gasteiger partial charge in [0.15, 0.2) is 0 Å². The number of halogens is 1. The van der Waals surface area contributed by atoms with Gasteiger partial charge in [0, 0.05) is 24.3 Å². The van der Waals surface area contributed by atoms with Crippen LogP contribution in [0.4, 0.5) is 5.82 Å². The van der Waals surface area contributed by atoms with Crippen molar-refractivity contribution in [2.45, 2.75) is 0 Å². The van der Waals surface area contributed by atoms with Crippen molar-refractivity contribution < 1.29 is 9.53 Å². The predicted molar refractivity (Wildman–Crippen MR) is 92.4 cm³/mol. The molecule has 6 nitrogen and oxygen atoms in total. The lowest BCUT2D eigenvalue weighted by molar-refractivity contribution is 0.102. The highest BCUT2D eigenvalue weighted by Gasteiger charge is 2.16. The van der Waals surface area contributed by atoms with Crippen molar-refractivity contribution in [3.05, 3.63) is 59.2 Å². The summed E-state index contributed by atoms with van der Waals surface area (Å²) in [6, 6.07) is 12.2. The summed E-state index contributed by atoms with van der Waals surface area (Å²) >= 11 is 5.97. The number of pyridine rings is 1. The van der Waals surface area contributed by atoms with Gasteiger partial charge in [0.2, 0.25) is 0 Å². The van der Waals surface area contributed by atoms with Gasteiger partial charge >= 0.3 is 0 Å². The summed E-state index contributed by atoms with van der Waals surface area (Å²) in [6.45, 7) is 0. The van der Waals surface area contributed by atoms with E-state index in [1.807, 2.05) is 18.2 Å². The Morgan fingerprint density at radius 2 is 2.04 bits per heavy atom. The number of benzene rings is 1. The maximum Gasteiger partial charge on any atom is 0.260 e. The first-order valence-electron chi connectivity index (χ1n) is 7.19. The second kappa shape index (κ2) is 6.72. The van der Waals surface area contributed by atoms with Crippen molar-refractivity contribution in [2.75, 3.05) is 12.4 Å². The second-order valence-corrected chi connectivity index (χ2v) is 5.49. The number of ether oxygens (including phenoxy) is 1. The van der Waals surface area contributed by atoms with Gasteiger partial charge in [-0.05, 0) is 30.3 Å². The van der Waals surface area contributed by atoms with Crippen LogP contribution in [0.1, 0.15) is 10.4 Å². The zero-order valence-electron chi connectivity index (χ0n) is 13.2. The van der Waals surface area contributed by atoms with E-state index in [4.69, 9.17) is 16.3 Å². The second-order valence-electron chi connectivity index (χ2n) is 5.05. The van der Waals surface area contributed by atoms with E-state index < -0.39 is 0 Å². The molecule has 1 aromatic carbocycles. The number of nitrogens with zero attached hydrogens (tertiary/aromatic N) is 3. The molecule has 0 unspecified atom stereocenters. The number of hydrogen-bond donors (Lipinski definition) is 1. The zero-order valence-corrected chi connectivity index (χ0v) is 13.9. The number of amides is 1. The fraction of sp³-hybridized carbons (Fsp3) is 0.118.